The highest BCUT2D eigenvalue weighted by Crippen LogP contribution is 2.32. The Morgan fingerprint density at radius 2 is 1.64 bits per heavy atom. The SMILES string of the molecule is CCC.CCCC1CN(C(/C=C(\NN)c2ccccc2O)=C/N)CCN1c1ccnc(OC2CCC(OC3CCN(c4cc(CC(=O)NCCCCC(C)(C)C)on4)CC3)CC2)c1.NC=O. The van der Waals surface area contributed by atoms with Crippen LogP contribution in [0.5, 0.6) is 11.6 Å². The number of rotatable bonds is 18. The zero-order valence-corrected chi connectivity index (χ0v) is 40.6. The van der Waals surface area contributed by atoms with Crippen molar-refractivity contribution in [3.05, 3.63) is 78.0 Å². The fraction of sp³-hybridized carbons (Fsp3) is 0.600. The van der Waals surface area contributed by atoms with Crippen LogP contribution in [-0.4, -0.2) is 96.1 Å². The lowest BCUT2D eigenvalue weighted by Crippen LogP contribution is -2.52. The Balaban J connectivity index is 0.00000150. The maximum absolute atomic E-state index is 12.5. The summed E-state index contributed by atoms with van der Waals surface area (Å²) in [6.45, 7) is 17.9. The number of benzene rings is 1. The lowest BCUT2D eigenvalue weighted by molar-refractivity contribution is -0.120. The fourth-order valence-corrected chi connectivity index (χ4v) is 8.66. The van der Waals surface area contributed by atoms with Crippen LogP contribution >= 0.6 is 0 Å². The Morgan fingerprint density at radius 1 is 0.955 bits per heavy atom. The summed E-state index contributed by atoms with van der Waals surface area (Å²) < 4.78 is 18.7. The molecule has 0 bridgehead atoms. The molecule has 1 unspecified atom stereocenters. The number of carbonyl (C=O) groups excluding carboxylic acids is 2. The van der Waals surface area contributed by atoms with Gasteiger partial charge in [0, 0.05) is 81.1 Å². The van der Waals surface area contributed by atoms with Crippen molar-refractivity contribution in [3.63, 3.8) is 0 Å². The molecule has 3 fully saturated rings. The van der Waals surface area contributed by atoms with E-state index in [0.717, 1.165) is 121 Å². The zero-order chi connectivity index (χ0) is 47.9. The molecule has 3 aromatic rings. The molecule has 1 saturated carbocycles. The summed E-state index contributed by atoms with van der Waals surface area (Å²) in [6, 6.07) is 13.4. The highest BCUT2D eigenvalue weighted by molar-refractivity contribution is 5.78. The number of piperidine rings is 1. The molecule has 16 heteroatoms. The molecule has 1 atom stereocenters. The van der Waals surface area contributed by atoms with Crippen LogP contribution in [0, 0.1) is 5.41 Å². The van der Waals surface area contributed by atoms with Gasteiger partial charge < -0.3 is 56.0 Å². The van der Waals surface area contributed by atoms with E-state index in [-0.39, 0.29) is 48.8 Å². The minimum absolute atomic E-state index is 0.0236. The molecule has 2 aliphatic heterocycles. The fourth-order valence-electron chi connectivity index (χ4n) is 8.66. The van der Waals surface area contributed by atoms with E-state index in [1.54, 1.807) is 18.3 Å². The Kier molecular flexibility index (Phi) is 22.4. The number of hydrazine groups is 1. The number of nitrogens with zero attached hydrogens (tertiary/aromatic N) is 5. The normalized spacial score (nSPS) is 19.5. The number of para-hydroxylation sites is 1. The Morgan fingerprint density at radius 3 is 2.29 bits per heavy atom. The summed E-state index contributed by atoms with van der Waals surface area (Å²) in [6.07, 6.45) is 18.6. The van der Waals surface area contributed by atoms with Crippen molar-refractivity contribution in [2.45, 2.75) is 149 Å². The molecule has 0 radical (unpaired) electrons. The second-order valence-corrected chi connectivity index (χ2v) is 18.6. The van der Waals surface area contributed by atoms with Crippen LogP contribution in [0.15, 0.2) is 71.2 Å². The first-order valence-electron chi connectivity index (χ1n) is 24.2. The number of phenolic OH excluding ortho intramolecular Hbond substituents is 1. The van der Waals surface area contributed by atoms with Crippen LogP contribution in [0.4, 0.5) is 11.5 Å². The molecule has 6 rings (SSSR count). The van der Waals surface area contributed by atoms with Gasteiger partial charge in [0.2, 0.25) is 18.2 Å². The first-order chi connectivity index (χ1) is 31.8. The maximum Gasteiger partial charge on any atom is 0.227 e. The van der Waals surface area contributed by atoms with E-state index in [1.165, 1.54) is 6.42 Å². The number of unbranched alkanes of at least 4 members (excludes halogenated alkanes) is 1. The molecule has 3 aliphatic rings. The van der Waals surface area contributed by atoms with Gasteiger partial charge in [0.1, 0.15) is 17.6 Å². The van der Waals surface area contributed by atoms with Crippen LogP contribution in [0.1, 0.15) is 130 Å². The third kappa shape index (κ3) is 17.4. The minimum atomic E-state index is -0.0236. The highest BCUT2D eigenvalue weighted by Gasteiger charge is 2.31. The summed E-state index contributed by atoms with van der Waals surface area (Å²) in [5.41, 5.74) is 16.5. The first-order valence-corrected chi connectivity index (χ1v) is 24.2. The number of amides is 2. The van der Waals surface area contributed by atoms with Gasteiger partial charge in [0.25, 0.3) is 0 Å². The number of anilines is 2. The zero-order valence-electron chi connectivity index (χ0n) is 40.6. The minimum Gasteiger partial charge on any atom is -0.507 e. The number of hydrogen-bond donors (Lipinski definition) is 6. The quantitative estimate of drug-likeness (QED) is 0.0246. The highest BCUT2D eigenvalue weighted by atomic mass is 16.5. The molecule has 16 nitrogen and oxygen atoms in total. The lowest BCUT2D eigenvalue weighted by Gasteiger charge is -2.44. The second-order valence-electron chi connectivity index (χ2n) is 18.6. The van der Waals surface area contributed by atoms with Crippen LogP contribution in [0.3, 0.4) is 0 Å². The van der Waals surface area contributed by atoms with E-state index in [0.29, 0.717) is 34.9 Å². The van der Waals surface area contributed by atoms with Gasteiger partial charge in [-0.25, -0.2) is 4.98 Å². The molecular weight excluding hydrogens is 837 g/mol. The number of carbonyl (C=O) groups is 2. The summed E-state index contributed by atoms with van der Waals surface area (Å²) in [5.74, 6) is 8.08. The van der Waals surface area contributed by atoms with Gasteiger partial charge in [-0.2, -0.15) is 0 Å². The van der Waals surface area contributed by atoms with Crippen molar-refractivity contribution in [1.29, 1.82) is 0 Å². The van der Waals surface area contributed by atoms with Gasteiger partial charge in [-0.3, -0.25) is 15.4 Å². The topological polar surface area (TPSA) is 224 Å². The van der Waals surface area contributed by atoms with Crippen LogP contribution < -0.4 is 42.6 Å². The molecule has 2 aromatic heterocycles. The van der Waals surface area contributed by atoms with E-state index >= 15 is 0 Å². The number of nitrogens with one attached hydrogen (secondary N) is 2. The van der Waals surface area contributed by atoms with E-state index < -0.39 is 0 Å². The lowest BCUT2D eigenvalue weighted by atomic mass is 9.90. The van der Waals surface area contributed by atoms with Crippen molar-refractivity contribution in [1.82, 2.24) is 25.8 Å². The number of aromatic hydroxyl groups is 1. The smallest absolute Gasteiger partial charge is 0.227 e. The summed E-state index contributed by atoms with van der Waals surface area (Å²) in [4.78, 5) is 32.6. The van der Waals surface area contributed by atoms with Crippen molar-refractivity contribution in [3.8, 4) is 11.6 Å². The molecule has 1 aromatic carbocycles. The number of piperazine rings is 1. The van der Waals surface area contributed by atoms with Crippen LogP contribution in [0.25, 0.3) is 5.70 Å². The number of primary amides is 1. The van der Waals surface area contributed by atoms with E-state index in [2.05, 4.69) is 95.0 Å². The van der Waals surface area contributed by atoms with Gasteiger partial charge >= 0.3 is 0 Å². The molecule has 66 heavy (non-hydrogen) atoms. The predicted molar refractivity (Wildman–Crippen MR) is 263 cm³/mol. The summed E-state index contributed by atoms with van der Waals surface area (Å²) in [7, 11) is 0. The monoisotopic (exact) mass is 917 g/mol. The summed E-state index contributed by atoms with van der Waals surface area (Å²) in [5, 5.41) is 17.7. The molecular formula is C50H80N10O6. The number of aromatic nitrogens is 2. The molecule has 2 saturated heterocycles. The average molecular weight is 917 g/mol. The average Bonchev–Trinajstić information content (AvgIpc) is 3.76. The second kappa shape index (κ2) is 27.9. The van der Waals surface area contributed by atoms with Crippen LogP contribution in [0.2, 0.25) is 0 Å². The van der Waals surface area contributed by atoms with Crippen molar-refractivity contribution >= 4 is 29.5 Å². The number of ether oxygens (including phenoxy) is 2. The molecule has 9 N–H and O–H groups in total. The molecule has 366 valence electrons. The molecule has 4 heterocycles. The number of allylic oxidation sites excluding steroid dienone is 1. The Bertz CT molecular complexity index is 1930. The first kappa shape index (κ1) is 53.1. The van der Waals surface area contributed by atoms with Gasteiger partial charge in [0.15, 0.2) is 5.82 Å². The van der Waals surface area contributed by atoms with Crippen molar-refractivity contribution < 1.29 is 28.7 Å². The standard InChI is InChI=1S/C46H69N9O5.C3H8.CH3NO/c1-5-10-34-32-54(35(31-47)27-41(51-48)40-11-6-7-12-42(40)56)25-26-55(34)33-17-22-50-45(28-33)59-37-15-13-36(14-16-37)58-38-18-23-53(24-19-38)43-29-39(60-52-43)30-44(57)49-21-9-8-20-46(2,3)4;1-3-2;2-1-3/h6-7,11-12,17,22,27-29,31,34,36-38,51,56H,5,8-10,13-16,18-21,23-26,30,32,47-48H2,1-4H3,(H,49,57);3H2,1-2H3;1H,(H2,2,3)/b35-31+,41-27-;;. The summed E-state index contributed by atoms with van der Waals surface area (Å²) >= 11 is 0. The van der Waals surface area contributed by atoms with E-state index in [9.17, 15) is 9.90 Å². The van der Waals surface area contributed by atoms with Crippen molar-refractivity contribution in [2.24, 2.45) is 22.7 Å². The van der Waals surface area contributed by atoms with E-state index in [4.69, 9.17) is 30.4 Å². The Hall–Kier alpha value is -5.48. The number of nitrogens with two attached hydrogens (primary N) is 3. The van der Waals surface area contributed by atoms with E-state index in [1.807, 2.05) is 30.5 Å². The molecule has 0 spiro atoms. The van der Waals surface area contributed by atoms with Gasteiger partial charge in [0.05, 0.1) is 30.0 Å². The van der Waals surface area contributed by atoms with Gasteiger partial charge in [-0.1, -0.05) is 78.1 Å². The number of phenols is 1. The van der Waals surface area contributed by atoms with Crippen molar-refractivity contribution in [2.75, 3.05) is 49.1 Å². The number of hydrogen-bond acceptors (Lipinski definition) is 14. The third-order valence-corrected chi connectivity index (χ3v) is 11.9. The third-order valence-electron chi connectivity index (χ3n) is 11.9. The molecule has 1 aliphatic carbocycles. The van der Waals surface area contributed by atoms with Gasteiger partial charge in [-0.15, -0.1) is 0 Å². The van der Waals surface area contributed by atoms with Gasteiger partial charge in [-0.05, 0) is 87.5 Å². The number of pyridine rings is 1. The Labute approximate surface area is 393 Å². The maximum atomic E-state index is 12.5. The largest absolute Gasteiger partial charge is 0.507 e. The molecule has 2 amide bonds. The predicted octanol–water partition coefficient (Wildman–Crippen LogP) is 7.14. The van der Waals surface area contributed by atoms with Crippen LogP contribution in [-0.2, 0) is 20.7 Å².